The van der Waals surface area contributed by atoms with Gasteiger partial charge in [0.1, 0.15) is 11.8 Å². The summed E-state index contributed by atoms with van der Waals surface area (Å²) in [6, 6.07) is -0.265. The number of aliphatic hydroxyl groups excluding tert-OH is 2. The number of fused-ring (bicyclic) bond motifs is 1. The van der Waals surface area contributed by atoms with Gasteiger partial charge in [0.15, 0.2) is 5.82 Å². The van der Waals surface area contributed by atoms with Crippen molar-refractivity contribution in [3.8, 4) is 0 Å². The SMILES string of the molecule is CC1Nc2nc(N)[nH]c(=O)c2NC1(C)[C@H](O)[C@H](C)O. The van der Waals surface area contributed by atoms with E-state index in [2.05, 4.69) is 20.6 Å². The summed E-state index contributed by atoms with van der Waals surface area (Å²) in [5.74, 6) is 0.356. The molecule has 4 atom stereocenters. The van der Waals surface area contributed by atoms with Crippen molar-refractivity contribution in [1.82, 2.24) is 9.97 Å². The van der Waals surface area contributed by atoms with Gasteiger partial charge in [0.2, 0.25) is 5.95 Å². The van der Waals surface area contributed by atoms with E-state index in [0.29, 0.717) is 5.82 Å². The largest absolute Gasteiger partial charge is 0.391 e. The Hall–Kier alpha value is -1.80. The first-order valence-electron chi connectivity index (χ1n) is 6.06. The third-order valence-corrected chi connectivity index (χ3v) is 3.66. The van der Waals surface area contributed by atoms with E-state index >= 15 is 0 Å². The van der Waals surface area contributed by atoms with Crippen LogP contribution < -0.4 is 21.9 Å². The van der Waals surface area contributed by atoms with E-state index in [-0.39, 0.29) is 17.7 Å². The molecule has 8 heteroatoms. The van der Waals surface area contributed by atoms with E-state index in [1.165, 1.54) is 6.92 Å². The van der Waals surface area contributed by atoms with Crippen molar-refractivity contribution in [2.45, 2.75) is 44.6 Å². The van der Waals surface area contributed by atoms with Crippen molar-refractivity contribution in [3.05, 3.63) is 10.4 Å². The first-order valence-corrected chi connectivity index (χ1v) is 6.06. The van der Waals surface area contributed by atoms with Crippen molar-refractivity contribution < 1.29 is 10.2 Å². The molecule has 0 amide bonds. The molecule has 0 aliphatic carbocycles. The van der Waals surface area contributed by atoms with Crippen molar-refractivity contribution in [2.24, 2.45) is 0 Å². The lowest BCUT2D eigenvalue weighted by Gasteiger charge is -2.45. The molecule has 106 valence electrons. The van der Waals surface area contributed by atoms with E-state index in [4.69, 9.17) is 5.73 Å². The zero-order valence-corrected chi connectivity index (χ0v) is 11.1. The predicted octanol–water partition coefficient (Wildman–Crippen LogP) is -0.922. The number of anilines is 3. The molecule has 0 saturated heterocycles. The van der Waals surface area contributed by atoms with Crippen LogP contribution in [0.1, 0.15) is 20.8 Å². The van der Waals surface area contributed by atoms with Gasteiger partial charge in [-0.1, -0.05) is 0 Å². The molecular weight excluding hydrogens is 250 g/mol. The molecule has 2 unspecified atom stereocenters. The Labute approximate surface area is 110 Å². The molecule has 0 aromatic carbocycles. The number of rotatable bonds is 2. The van der Waals surface area contributed by atoms with E-state index in [1.54, 1.807) is 6.92 Å². The molecule has 0 bridgehead atoms. The van der Waals surface area contributed by atoms with E-state index in [9.17, 15) is 15.0 Å². The number of aliphatic hydroxyl groups is 2. The standard InChI is InChI=1S/C11H19N5O3/c1-4(17)7(18)11(3)5(2)13-8-6(16-11)9(19)15-10(12)14-8/h4-5,7,16-18H,1-3H3,(H4,12,13,14,15,19)/t4-,5?,7+,11?/m0/s1. The van der Waals surface area contributed by atoms with E-state index in [0.717, 1.165) is 0 Å². The zero-order valence-electron chi connectivity index (χ0n) is 11.1. The van der Waals surface area contributed by atoms with Crippen LogP contribution >= 0.6 is 0 Å². The first-order chi connectivity index (χ1) is 8.75. The summed E-state index contributed by atoms with van der Waals surface area (Å²) in [5, 5.41) is 25.7. The number of nitrogen functional groups attached to an aromatic ring is 1. The summed E-state index contributed by atoms with van der Waals surface area (Å²) in [6.07, 6.45) is -2.00. The van der Waals surface area contributed by atoms with Gasteiger partial charge in [0.25, 0.3) is 5.56 Å². The number of nitrogens with one attached hydrogen (secondary N) is 3. The van der Waals surface area contributed by atoms with Crippen LogP contribution in [0.4, 0.5) is 17.5 Å². The molecule has 0 fully saturated rings. The summed E-state index contributed by atoms with van der Waals surface area (Å²) >= 11 is 0. The van der Waals surface area contributed by atoms with Crippen molar-refractivity contribution in [3.63, 3.8) is 0 Å². The van der Waals surface area contributed by atoms with Gasteiger partial charge < -0.3 is 26.6 Å². The molecule has 1 aliphatic heterocycles. The molecular formula is C11H19N5O3. The quantitative estimate of drug-likeness (QED) is 0.408. The number of hydrogen-bond acceptors (Lipinski definition) is 7. The monoisotopic (exact) mass is 269 g/mol. The van der Waals surface area contributed by atoms with Crippen LogP contribution in [0.5, 0.6) is 0 Å². The number of hydrogen-bond donors (Lipinski definition) is 6. The van der Waals surface area contributed by atoms with Gasteiger partial charge in [-0.2, -0.15) is 4.98 Å². The van der Waals surface area contributed by atoms with Gasteiger partial charge in [-0.05, 0) is 20.8 Å². The molecule has 0 radical (unpaired) electrons. The molecule has 2 heterocycles. The van der Waals surface area contributed by atoms with Crippen molar-refractivity contribution in [1.29, 1.82) is 0 Å². The van der Waals surface area contributed by atoms with E-state index in [1.807, 2.05) is 6.92 Å². The normalized spacial score (nSPS) is 28.8. The highest BCUT2D eigenvalue weighted by Crippen LogP contribution is 2.32. The second-order valence-electron chi connectivity index (χ2n) is 5.13. The molecule has 1 aromatic heterocycles. The summed E-state index contributed by atoms with van der Waals surface area (Å²) in [4.78, 5) is 18.2. The fourth-order valence-corrected chi connectivity index (χ4v) is 2.27. The van der Waals surface area contributed by atoms with E-state index < -0.39 is 23.3 Å². The summed E-state index contributed by atoms with van der Waals surface area (Å²) in [6.45, 7) is 5.03. The van der Waals surface area contributed by atoms with Crippen LogP contribution in [0.15, 0.2) is 4.79 Å². The van der Waals surface area contributed by atoms with Crippen LogP contribution in [0.2, 0.25) is 0 Å². The van der Waals surface area contributed by atoms with Crippen molar-refractivity contribution >= 4 is 17.5 Å². The van der Waals surface area contributed by atoms with Crippen LogP contribution in [0.25, 0.3) is 0 Å². The third kappa shape index (κ3) is 2.13. The van der Waals surface area contributed by atoms with Gasteiger partial charge >= 0.3 is 0 Å². The lowest BCUT2D eigenvalue weighted by Crippen LogP contribution is -2.63. The predicted molar refractivity (Wildman–Crippen MR) is 72.1 cm³/mol. The number of aromatic nitrogens is 2. The van der Waals surface area contributed by atoms with Gasteiger partial charge in [0, 0.05) is 0 Å². The maximum Gasteiger partial charge on any atom is 0.277 e. The topological polar surface area (TPSA) is 136 Å². The molecule has 19 heavy (non-hydrogen) atoms. The Morgan fingerprint density at radius 3 is 2.68 bits per heavy atom. The fraction of sp³-hybridized carbons (Fsp3) is 0.636. The highest BCUT2D eigenvalue weighted by Gasteiger charge is 2.45. The number of aromatic amines is 1. The zero-order chi connectivity index (χ0) is 14.4. The van der Waals surface area contributed by atoms with Gasteiger partial charge in [-0.3, -0.25) is 9.78 Å². The van der Waals surface area contributed by atoms with Crippen molar-refractivity contribution in [2.75, 3.05) is 16.4 Å². The van der Waals surface area contributed by atoms with Crippen LogP contribution in [0, 0.1) is 0 Å². The van der Waals surface area contributed by atoms with Crippen LogP contribution in [-0.2, 0) is 0 Å². The number of H-pyrrole nitrogens is 1. The minimum atomic E-state index is -1.06. The maximum atomic E-state index is 11.8. The Kier molecular flexibility index (Phi) is 3.15. The minimum absolute atomic E-state index is 0.0185. The average Bonchev–Trinajstić information content (AvgIpc) is 2.30. The minimum Gasteiger partial charge on any atom is -0.391 e. The molecule has 0 saturated carbocycles. The second kappa shape index (κ2) is 4.39. The maximum absolute atomic E-state index is 11.8. The van der Waals surface area contributed by atoms with Gasteiger partial charge in [-0.15, -0.1) is 0 Å². The Bertz CT molecular complexity index is 544. The molecule has 2 rings (SSSR count). The van der Waals surface area contributed by atoms with Gasteiger partial charge in [0.05, 0.1) is 17.7 Å². The summed E-state index contributed by atoms with van der Waals surface area (Å²) in [7, 11) is 0. The molecule has 0 spiro atoms. The Balaban J connectivity index is 2.47. The number of nitrogens with zero attached hydrogens (tertiary/aromatic N) is 1. The Morgan fingerprint density at radius 1 is 1.47 bits per heavy atom. The van der Waals surface area contributed by atoms with Gasteiger partial charge in [-0.25, -0.2) is 0 Å². The average molecular weight is 269 g/mol. The van der Waals surface area contributed by atoms with Crippen LogP contribution in [0.3, 0.4) is 0 Å². The fourth-order valence-electron chi connectivity index (χ4n) is 2.27. The lowest BCUT2D eigenvalue weighted by molar-refractivity contribution is -0.0123. The lowest BCUT2D eigenvalue weighted by atomic mass is 9.83. The number of nitrogens with two attached hydrogens (primary N) is 1. The summed E-state index contributed by atoms with van der Waals surface area (Å²) < 4.78 is 0. The van der Waals surface area contributed by atoms with Crippen LogP contribution in [-0.4, -0.2) is 44.0 Å². The highest BCUT2D eigenvalue weighted by atomic mass is 16.3. The third-order valence-electron chi connectivity index (χ3n) is 3.66. The molecule has 1 aromatic rings. The smallest absolute Gasteiger partial charge is 0.277 e. The Morgan fingerprint density at radius 2 is 2.11 bits per heavy atom. The molecule has 7 N–H and O–H groups in total. The highest BCUT2D eigenvalue weighted by molar-refractivity contribution is 5.69. The summed E-state index contributed by atoms with van der Waals surface area (Å²) in [5.41, 5.74) is 4.35. The first kappa shape index (κ1) is 13.6. The second-order valence-corrected chi connectivity index (χ2v) is 5.13. The molecule has 1 aliphatic rings. The molecule has 8 nitrogen and oxygen atoms in total.